The highest BCUT2D eigenvalue weighted by Gasteiger charge is 2.25. The van der Waals surface area contributed by atoms with Gasteiger partial charge in [0.1, 0.15) is 5.82 Å². The van der Waals surface area contributed by atoms with E-state index < -0.39 is 5.97 Å². The van der Waals surface area contributed by atoms with Crippen LogP contribution < -0.4 is 0 Å². The first-order chi connectivity index (χ1) is 7.73. The van der Waals surface area contributed by atoms with Crippen LogP contribution in [0, 0.1) is 6.92 Å². The van der Waals surface area contributed by atoms with Crippen LogP contribution in [0.3, 0.4) is 0 Å². The van der Waals surface area contributed by atoms with Crippen LogP contribution in [0.1, 0.15) is 42.8 Å². The van der Waals surface area contributed by atoms with E-state index in [4.69, 9.17) is 5.11 Å². The Labute approximate surface area is 98.9 Å². The first-order valence-electron chi connectivity index (χ1n) is 5.39. The Morgan fingerprint density at radius 1 is 1.35 bits per heavy atom. The van der Waals surface area contributed by atoms with E-state index in [1.165, 1.54) is 0 Å². The Bertz CT molecular complexity index is 601. The number of imidazole rings is 1. The standard InChI is InChI=1S/C11H16N4O2/c1-6-7(8(16)17)12-10-14(5)9(11(2,3)4)13-15(6)10/h1-5H3,(H,16,17). The molecule has 0 aliphatic heterocycles. The Kier molecular flexibility index (Phi) is 2.27. The second-order valence-corrected chi connectivity index (χ2v) is 5.20. The molecule has 2 rings (SSSR count). The van der Waals surface area contributed by atoms with Crippen molar-refractivity contribution in [3.63, 3.8) is 0 Å². The van der Waals surface area contributed by atoms with Crippen LogP contribution >= 0.6 is 0 Å². The zero-order valence-electron chi connectivity index (χ0n) is 10.6. The summed E-state index contributed by atoms with van der Waals surface area (Å²) >= 11 is 0. The molecule has 0 aliphatic carbocycles. The van der Waals surface area contributed by atoms with Crippen molar-refractivity contribution in [3.05, 3.63) is 17.2 Å². The molecule has 2 aromatic rings. The van der Waals surface area contributed by atoms with Gasteiger partial charge in [0, 0.05) is 12.5 Å². The summed E-state index contributed by atoms with van der Waals surface area (Å²) in [5.74, 6) is 0.412. The number of hydrogen-bond donors (Lipinski definition) is 1. The van der Waals surface area contributed by atoms with E-state index in [1.807, 2.05) is 11.6 Å². The van der Waals surface area contributed by atoms with Gasteiger partial charge >= 0.3 is 5.97 Å². The Morgan fingerprint density at radius 2 is 1.94 bits per heavy atom. The summed E-state index contributed by atoms with van der Waals surface area (Å²) in [6.07, 6.45) is 0. The smallest absolute Gasteiger partial charge is 0.356 e. The van der Waals surface area contributed by atoms with Crippen molar-refractivity contribution in [1.82, 2.24) is 19.2 Å². The van der Waals surface area contributed by atoms with Crippen LogP contribution in [-0.4, -0.2) is 30.2 Å². The molecule has 2 heterocycles. The number of aryl methyl sites for hydroxylation is 2. The molecule has 2 aromatic heterocycles. The second kappa shape index (κ2) is 3.32. The van der Waals surface area contributed by atoms with Crippen molar-refractivity contribution < 1.29 is 9.90 Å². The zero-order valence-corrected chi connectivity index (χ0v) is 10.6. The number of carbonyl (C=O) groups is 1. The quantitative estimate of drug-likeness (QED) is 0.811. The molecule has 0 spiro atoms. The molecule has 0 radical (unpaired) electrons. The SMILES string of the molecule is Cc1c(C(=O)O)nc2n(C)c(C(C)(C)C)nn12. The number of fused-ring (bicyclic) bond motifs is 1. The van der Waals surface area contributed by atoms with Crippen molar-refractivity contribution in [1.29, 1.82) is 0 Å². The van der Waals surface area contributed by atoms with E-state index in [-0.39, 0.29) is 11.1 Å². The van der Waals surface area contributed by atoms with E-state index in [0.29, 0.717) is 11.5 Å². The number of hydrogen-bond acceptors (Lipinski definition) is 3. The fourth-order valence-electron chi connectivity index (χ4n) is 1.93. The minimum atomic E-state index is -1.02. The van der Waals surface area contributed by atoms with E-state index in [2.05, 4.69) is 30.9 Å². The normalized spacial score (nSPS) is 12.3. The summed E-state index contributed by atoms with van der Waals surface area (Å²) in [6.45, 7) is 7.88. The molecule has 0 atom stereocenters. The zero-order chi connectivity index (χ0) is 13.0. The third-order valence-electron chi connectivity index (χ3n) is 2.75. The average Bonchev–Trinajstić information content (AvgIpc) is 2.65. The van der Waals surface area contributed by atoms with Gasteiger partial charge in [0.15, 0.2) is 5.69 Å². The molecule has 0 amide bonds. The molecule has 0 fully saturated rings. The Hall–Kier alpha value is -1.85. The lowest BCUT2D eigenvalue weighted by atomic mass is 9.96. The molecule has 92 valence electrons. The summed E-state index contributed by atoms with van der Waals surface area (Å²) in [5.41, 5.74) is 0.507. The highest BCUT2D eigenvalue weighted by atomic mass is 16.4. The molecule has 0 bridgehead atoms. The maximum atomic E-state index is 11.0. The van der Waals surface area contributed by atoms with E-state index in [1.54, 1.807) is 11.4 Å². The highest BCUT2D eigenvalue weighted by Crippen LogP contribution is 2.22. The van der Waals surface area contributed by atoms with Crippen LogP contribution in [0.5, 0.6) is 0 Å². The number of aromatic nitrogens is 4. The molecular formula is C11H16N4O2. The van der Waals surface area contributed by atoms with Crippen molar-refractivity contribution in [2.24, 2.45) is 7.05 Å². The summed E-state index contributed by atoms with van der Waals surface area (Å²) in [4.78, 5) is 15.1. The van der Waals surface area contributed by atoms with Crippen LogP contribution in [0.15, 0.2) is 0 Å². The number of nitrogens with zero attached hydrogens (tertiary/aromatic N) is 4. The van der Waals surface area contributed by atoms with Crippen LogP contribution in [0.2, 0.25) is 0 Å². The molecule has 0 saturated heterocycles. The van der Waals surface area contributed by atoms with Gasteiger partial charge in [0.05, 0.1) is 5.69 Å². The third kappa shape index (κ3) is 1.60. The first-order valence-corrected chi connectivity index (χ1v) is 5.39. The summed E-state index contributed by atoms with van der Waals surface area (Å²) in [6, 6.07) is 0. The van der Waals surface area contributed by atoms with Gasteiger partial charge in [-0.2, -0.15) is 5.10 Å². The highest BCUT2D eigenvalue weighted by molar-refractivity contribution is 5.87. The lowest BCUT2D eigenvalue weighted by Crippen LogP contribution is -2.18. The third-order valence-corrected chi connectivity index (χ3v) is 2.75. The van der Waals surface area contributed by atoms with Crippen LogP contribution in [-0.2, 0) is 12.5 Å². The fraction of sp³-hybridized carbons (Fsp3) is 0.545. The number of carboxylic acid groups (broad SMARTS) is 1. The lowest BCUT2D eigenvalue weighted by molar-refractivity contribution is 0.0690. The predicted molar refractivity (Wildman–Crippen MR) is 62.4 cm³/mol. The minimum Gasteiger partial charge on any atom is -0.476 e. The molecule has 0 aliphatic rings. The van der Waals surface area contributed by atoms with E-state index >= 15 is 0 Å². The van der Waals surface area contributed by atoms with Crippen LogP contribution in [0.25, 0.3) is 5.78 Å². The van der Waals surface area contributed by atoms with Crippen molar-refractivity contribution in [2.75, 3.05) is 0 Å². The monoisotopic (exact) mass is 236 g/mol. The first kappa shape index (κ1) is 11.6. The van der Waals surface area contributed by atoms with Crippen molar-refractivity contribution in [3.8, 4) is 0 Å². The Balaban J connectivity index is 2.75. The molecule has 1 N–H and O–H groups in total. The maximum Gasteiger partial charge on any atom is 0.356 e. The number of rotatable bonds is 1. The predicted octanol–water partition coefficient (Wildman–Crippen LogP) is 1.37. The summed E-state index contributed by atoms with van der Waals surface area (Å²) in [5, 5.41) is 13.4. The van der Waals surface area contributed by atoms with Crippen molar-refractivity contribution >= 4 is 11.7 Å². The summed E-state index contributed by atoms with van der Waals surface area (Å²) in [7, 11) is 1.85. The van der Waals surface area contributed by atoms with Crippen LogP contribution in [0.4, 0.5) is 0 Å². The number of aromatic carboxylic acids is 1. The number of carboxylic acids is 1. The van der Waals surface area contributed by atoms with E-state index in [0.717, 1.165) is 5.82 Å². The molecule has 0 aromatic carbocycles. The molecule has 6 nitrogen and oxygen atoms in total. The largest absolute Gasteiger partial charge is 0.476 e. The van der Waals surface area contributed by atoms with Gasteiger partial charge in [0.25, 0.3) is 0 Å². The van der Waals surface area contributed by atoms with Gasteiger partial charge < -0.3 is 5.11 Å². The summed E-state index contributed by atoms with van der Waals surface area (Å²) < 4.78 is 3.42. The molecule has 6 heteroatoms. The van der Waals surface area contributed by atoms with Gasteiger partial charge in [-0.05, 0) is 6.92 Å². The topological polar surface area (TPSA) is 72.4 Å². The van der Waals surface area contributed by atoms with Gasteiger partial charge in [-0.3, -0.25) is 4.57 Å². The van der Waals surface area contributed by atoms with Gasteiger partial charge in [-0.25, -0.2) is 14.3 Å². The van der Waals surface area contributed by atoms with E-state index in [9.17, 15) is 4.79 Å². The minimum absolute atomic E-state index is 0.0589. The molecule has 0 unspecified atom stereocenters. The maximum absolute atomic E-state index is 11.0. The molecule has 0 saturated carbocycles. The second-order valence-electron chi connectivity index (χ2n) is 5.20. The average molecular weight is 236 g/mol. The molecule has 17 heavy (non-hydrogen) atoms. The van der Waals surface area contributed by atoms with Gasteiger partial charge in [0.2, 0.25) is 5.78 Å². The fourth-order valence-corrected chi connectivity index (χ4v) is 1.93. The Morgan fingerprint density at radius 3 is 2.35 bits per heavy atom. The van der Waals surface area contributed by atoms with Gasteiger partial charge in [-0.1, -0.05) is 20.8 Å². The van der Waals surface area contributed by atoms with Crippen molar-refractivity contribution in [2.45, 2.75) is 33.1 Å². The lowest BCUT2D eigenvalue weighted by Gasteiger charge is -2.16. The molecular weight excluding hydrogens is 220 g/mol. The van der Waals surface area contributed by atoms with Gasteiger partial charge in [-0.15, -0.1) is 0 Å².